The van der Waals surface area contributed by atoms with E-state index < -0.39 is 0 Å². The molecule has 16 heavy (non-hydrogen) atoms. The van der Waals surface area contributed by atoms with Crippen molar-refractivity contribution in [1.82, 2.24) is 0 Å². The van der Waals surface area contributed by atoms with Crippen LogP contribution in [0.3, 0.4) is 0 Å². The van der Waals surface area contributed by atoms with Crippen molar-refractivity contribution in [2.24, 2.45) is 0 Å². The van der Waals surface area contributed by atoms with Crippen molar-refractivity contribution in [1.29, 1.82) is 5.26 Å². The molecule has 1 aromatic rings. The predicted octanol–water partition coefficient (Wildman–Crippen LogP) is 4.09. The highest BCUT2D eigenvalue weighted by molar-refractivity contribution is 5.77. The molecule has 0 N–H and O–H groups in total. The third-order valence-corrected chi connectivity index (χ3v) is 2.38. The maximum absolute atomic E-state index is 8.70. The molecule has 0 saturated heterocycles. The van der Waals surface area contributed by atoms with Gasteiger partial charge < -0.3 is 0 Å². The molecular weight excluding hydrogens is 194 g/mol. The van der Waals surface area contributed by atoms with E-state index in [1.165, 1.54) is 0 Å². The standard InChI is InChI=1S/C15H15N/c1-4-5-6-12(2)13(3)15-9-7-14(11-16)8-10-15/h4-10H,3H2,1-2H3/b5-4-,12-6+. The summed E-state index contributed by atoms with van der Waals surface area (Å²) < 4.78 is 0. The molecule has 1 rings (SSSR count). The average molecular weight is 209 g/mol. The maximum Gasteiger partial charge on any atom is 0.0991 e. The Bertz CT molecular complexity index is 467. The van der Waals surface area contributed by atoms with Crippen LogP contribution in [-0.2, 0) is 0 Å². The average Bonchev–Trinajstić information content (AvgIpc) is 2.35. The Labute approximate surface area is 97.0 Å². The van der Waals surface area contributed by atoms with Crippen LogP contribution in [0.4, 0.5) is 0 Å². The van der Waals surface area contributed by atoms with E-state index >= 15 is 0 Å². The molecule has 0 bridgehead atoms. The Balaban J connectivity index is 2.93. The van der Waals surface area contributed by atoms with E-state index in [1.54, 1.807) is 0 Å². The van der Waals surface area contributed by atoms with Crippen LogP contribution in [0.25, 0.3) is 5.57 Å². The molecule has 0 fully saturated rings. The SMILES string of the molecule is C=C(/C(C)=C/C=C\C)c1ccc(C#N)cc1. The second kappa shape index (κ2) is 5.72. The first kappa shape index (κ1) is 12.0. The summed E-state index contributed by atoms with van der Waals surface area (Å²) in [5.41, 5.74) is 3.84. The second-order valence-corrected chi connectivity index (χ2v) is 3.54. The molecule has 0 spiro atoms. The lowest BCUT2D eigenvalue weighted by Crippen LogP contribution is -1.85. The van der Waals surface area contributed by atoms with Crippen molar-refractivity contribution in [2.45, 2.75) is 13.8 Å². The van der Waals surface area contributed by atoms with Crippen molar-refractivity contribution < 1.29 is 0 Å². The minimum atomic E-state index is 0.673. The van der Waals surface area contributed by atoms with E-state index in [1.807, 2.05) is 56.3 Å². The number of rotatable bonds is 3. The summed E-state index contributed by atoms with van der Waals surface area (Å²) in [5, 5.41) is 8.70. The zero-order chi connectivity index (χ0) is 12.0. The number of hydrogen-bond donors (Lipinski definition) is 0. The van der Waals surface area contributed by atoms with Crippen molar-refractivity contribution in [3.63, 3.8) is 0 Å². The van der Waals surface area contributed by atoms with E-state index in [2.05, 4.69) is 12.6 Å². The van der Waals surface area contributed by atoms with Crippen molar-refractivity contribution >= 4 is 5.57 Å². The van der Waals surface area contributed by atoms with Crippen LogP contribution >= 0.6 is 0 Å². The Morgan fingerprint density at radius 3 is 2.44 bits per heavy atom. The second-order valence-electron chi connectivity index (χ2n) is 3.54. The summed E-state index contributed by atoms with van der Waals surface area (Å²) in [4.78, 5) is 0. The predicted molar refractivity (Wildman–Crippen MR) is 68.8 cm³/mol. The maximum atomic E-state index is 8.70. The summed E-state index contributed by atoms with van der Waals surface area (Å²) in [6.07, 6.45) is 6.00. The zero-order valence-electron chi connectivity index (χ0n) is 9.70. The van der Waals surface area contributed by atoms with Gasteiger partial charge in [-0.25, -0.2) is 0 Å². The molecule has 0 aliphatic carbocycles. The Morgan fingerprint density at radius 2 is 1.94 bits per heavy atom. The van der Waals surface area contributed by atoms with E-state index in [4.69, 9.17) is 5.26 Å². The van der Waals surface area contributed by atoms with Crippen LogP contribution in [0, 0.1) is 11.3 Å². The molecule has 1 nitrogen and oxygen atoms in total. The number of hydrogen-bond acceptors (Lipinski definition) is 1. The lowest BCUT2D eigenvalue weighted by Gasteiger charge is -2.05. The smallest absolute Gasteiger partial charge is 0.0991 e. The van der Waals surface area contributed by atoms with Gasteiger partial charge in [0.1, 0.15) is 0 Å². The molecule has 0 atom stereocenters. The fourth-order valence-corrected chi connectivity index (χ4v) is 1.31. The van der Waals surface area contributed by atoms with Gasteiger partial charge in [-0.1, -0.05) is 36.9 Å². The lowest BCUT2D eigenvalue weighted by atomic mass is 9.99. The van der Waals surface area contributed by atoms with E-state index in [0.717, 1.165) is 16.7 Å². The van der Waals surface area contributed by atoms with Crippen LogP contribution in [0.2, 0.25) is 0 Å². The summed E-state index contributed by atoms with van der Waals surface area (Å²) in [5.74, 6) is 0. The molecule has 0 aliphatic heterocycles. The monoisotopic (exact) mass is 209 g/mol. The Kier molecular flexibility index (Phi) is 4.29. The lowest BCUT2D eigenvalue weighted by molar-refractivity contribution is 1.46. The molecule has 0 aromatic heterocycles. The molecule has 0 heterocycles. The number of nitriles is 1. The highest BCUT2D eigenvalue weighted by Gasteiger charge is 2.00. The fourth-order valence-electron chi connectivity index (χ4n) is 1.31. The largest absolute Gasteiger partial charge is 0.192 e. The highest BCUT2D eigenvalue weighted by Crippen LogP contribution is 2.20. The summed E-state index contributed by atoms with van der Waals surface area (Å²) in [6.45, 7) is 8.06. The van der Waals surface area contributed by atoms with Gasteiger partial charge in [0.2, 0.25) is 0 Å². The van der Waals surface area contributed by atoms with Crippen molar-refractivity contribution in [2.75, 3.05) is 0 Å². The minimum absolute atomic E-state index is 0.673. The minimum Gasteiger partial charge on any atom is -0.192 e. The fraction of sp³-hybridized carbons (Fsp3) is 0.133. The van der Waals surface area contributed by atoms with Crippen LogP contribution in [0.5, 0.6) is 0 Å². The van der Waals surface area contributed by atoms with Crippen LogP contribution in [0.15, 0.2) is 54.6 Å². The van der Waals surface area contributed by atoms with Crippen LogP contribution in [-0.4, -0.2) is 0 Å². The van der Waals surface area contributed by atoms with Gasteiger partial charge in [-0.2, -0.15) is 5.26 Å². The van der Waals surface area contributed by atoms with Crippen LogP contribution in [0.1, 0.15) is 25.0 Å². The Hall–Kier alpha value is -2.07. The molecule has 1 aromatic carbocycles. The van der Waals surface area contributed by atoms with Gasteiger partial charge in [-0.05, 0) is 42.7 Å². The molecular formula is C15H15N. The molecule has 0 radical (unpaired) electrons. The molecule has 0 unspecified atom stereocenters. The van der Waals surface area contributed by atoms with Gasteiger partial charge >= 0.3 is 0 Å². The Morgan fingerprint density at radius 1 is 1.31 bits per heavy atom. The first-order valence-electron chi connectivity index (χ1n) is 5.18. The van der Waals surface area contributed by atoms with Gasteiger partial charge in [0.15, 0.2) is 0 Å². The molecule has 0 aliphatic rings. The summed E-state index contributed by atoms with van der Waals surface area (Å²) >= 11 is 0. The normalized spacial score (nSPS) is 11.4. The first-order valence-corrected chi connectivity index (χ1v) is 5.18. The quantitative estimate of drug-likeness (QED) is 0.688. The third-order valence-electron chi connectivity index (χ3n) is 2.38. The topological polar surface area (TPSA) is 23.8 Å². The first-order chi connectivity index (χ1) is 7.69. The number of allylic oxidation sites excluding steroid dienone is 5. The van der Waals surface area contributed by atoms with Crippen molar-refractivity contribution in [3.05, 3.63) is 65.8 Å². The number of benzene rings is 1. The number of nitrogens with zero attached hydrogens (tertiary/aromatic N) is 1. The molecule has 1 heteroatoms. The van der Waals surface area contributed by atoms with Gasteiger partial charge in [-0.15, -0.1) is 0 Å². The van der Waals surface area contributed by atoms with Crippen molar-refractivity contribution in [3.8, 4) is 6.07 Å². The summed E-state index contributed by atoms with van der Waals surface area (Å²) in [7, 11) is 0. The van der Waals surface area contributed by atoms with E-state index in [0.29, 0.717) is 5.56 Å². The van der Waals surface area contributed by atoms with Crippen LogP contribution < -0.4 is 0 Å². The molecule has 80 valence electrons. The summed E-state index contributed by atoms with van der Waals surface area (Å²) in [6, 6.07) is 9.57. The van der Waals surface area contributed by atoms with E-state index in [-0.39, 0.29) is 0 Å². The third kappa shape index (κ3) is 2.96. The highest BCUT2D eigenvalue weighted by atomic mass is 14.2. The van der Waals surface area contributed by atoms with Gasteiger partial charge in [0.05, 0.1) is 11.6 Å². The van der Waals surface area contributed by atoms with E-state index in [9.17, 15) is 0 Å². The van der Waals surface area contributed by atoms with Gasteiger partial charge in [0, 0.05) is 0 Å². The van der Waals surface area contributed by atoms with Gasteiger partial charge in [0.25, 0.3) is 0 Å². The molecule has 0 saturated carbocycles. The van der Waals surface area contributed by atoms with Gasteiger partial charge in [-0.3, -0.25) is 0 Å². The molecule has 0 amide bonds. The zero-order valence-corrected chi connectivity index (χ0v) is 9.70.